The zero-order chi connectivity index (χ0) is 19.9. The summed E-state index contributed by atoms with van der Waals surface area (Å²) in [6.45, 7) is 5.73. The van der Waals surface area contributed by atoms with E-state index in [1.807, 2.05) is 30.3 Å². The van der Waals surface area contributed by atoms with Crippen molar-refractivity contribution in [2.45, 2.75) is 6.54 Å². The summed E-state index contributed by atoms with van der Waals surface area (Å²) in [7, 11) is 1.65. The van der Waals surface area contributed by atoms with Crippen molar-refractivity contribution < 1.29 is 9.15 Å². The summed E-state index contributed by atoms with van der Waals surface area (Å²) in [4.78, 5) is 4.83. The van der Waals surface area contributed by atoms with Crippen LogP contribution in [0.2, 0.25) is 0 Å². The monoisotopic (exact) mass is 390 g/mol. The Morgan fingerprint density at radius 1 is 0.966 bits per heavy atom. The van der Waals surface area contributed by atoms with Gasteiger partial charge in [0.25, 0.3) is 0 Å². The minimum absolute atomic E-state index is 0.531. The second-order valence-electron chi connectivity index (χ2n) is 7.12. The van der Waals surface area contributed by atoms with E-state index in [-0.39, 0.29) is 0 Å². The molecular weight excluding hydrogens is 364 g/mol. The van der Waals surface area contributed by atoms with E-state index >= 15 is 0 Å². The molecule has 1 aliphatic rings. The summed E-state index contributed by atoms with van der Waals surface area (Å²) in [5.41, 5.74) is 2.12. The second kappa shape index (κ2) is 9.49. The van der Waals surface area contributed by atoms with Gasteiger partial charge in [0.15, 0.2) is 0 Å². The summed E-state index contributed by atoms with van der Waals surface area (Å²) in [5, 5.41) is 8.41. The molecule has 2 aromatic carbocycles. The van der Waals surface area contributed by atoms with Gasteiger partial charge in [0, 0.05) is 38.3 Å². The first-order chi connectivity index (χ1) is 14.3. The van der Waals surface area contributed by atoms with Crippen LogP contribution >= 0.6 is 0 Å². The predicted octanol–water partition coefficient (Wildman–Crippen LogP) is 3.58. The van der Waals surface area contributed by atoms with Gasteiger partial charge in [-0.25, -0.2) is 0 Å². The van der Waals surface area contributed by atoms with E-state index in [2.05, 4.69) is 56.4 Å². The molecule has 4 rings (SSSR count). The maximum Gasteiger partial charge on any atom is 0.247 e. The molecule has 0 saturated carbocycles. The Morgan fingerprint density at radius 2 is 1.76 bits per heavy atom. The van der Waals surface area contributed by atoms with Crippen LogP contribution in [0, 0.1) is 0 Å². The van der Waals surface area contributed by atoms with Gasteiger partial charge in [-0.2, -0.15) is 0 Å². The van der Waals surface area contributed by atoms with Gasteiger partial charge in [0.1, 0.15) is 5.75 Å². The fourth-order valence-electron chi connectivity index (χ4n) is 3.41. The molecule has 2 heterocycles. The maximum absolute atomic E-state index is 5.87. The van der Waals surface area contributed by atoms with Crippen molar-refractivity contribution in [1.82, 2.24) is 20.0 Å². The standard InChI is InChI=1S/C23H26N4O2/c1-28-21-11-5-10-20(17-21)23-25-24-22(29-23)18-27-15-13-26(14-16-27)12-6-9-19-7-3-2-4-8-19/h2-11,17H,12-16,18H2,1H3/b9-6+. The lowest BCUT2D eigenvalue weighted by Crippen LogP contribution is -2.45. The minimum atomic E-state index is 0.531. The lowest BCUT2D eigenvalue weighted by atomic mass is 10.2. The number of benzene rings is 2. The molecule has 3 aromatic rings. The molecule has 1 fully saturated rings. The highest BCUT2D eigenvalue weighted by atomic mass is 16.5. The molecule has 29 heavy (non-hydrogen) atoms. The van der Waals surface area contributed by atoms with Crippen LogP contribution < -0.4 is 4.74 Å². The van der Waals surface area contributed by atoms with Crippen molar-refractivity contribution in [3.63, 3.8) is 0 Å². The Balaban J connectivity index is 1.26. The van der Waals surface area contributed by atoms with Crippen LogP contribution in [0.1, 0.15) is 11.5 Å². The van der Waals surface area contributed by atoms with Crippen LogP contribution in [0.5, 0.6) is 5.75 Å². The third-order valence-electron chi connectivity index (χ3n) is 5.08. The third kappa shape index (κ3) is 5.31. The van der Waals surface area contributed by atoms with Crippen LogP contribution in [0.15, 0.2) is 65.1 Å². The smallest absolute Gasteiger partial charge is 0.247 e. The second-order valence-corrected chi connectivity index (χ2v) is 7.12. The number of hydrogen-bond donors (Lipinski definition) is 0. The highest BCUT2D eigenvalue weighted by Gasteiger charge is 2.18. The minimum Gasteiger partial charge on any atom is -0.497 e. The van der Waals surface area contributed by atoms with E-state index in [0.29, 0.717) is 18.3 Å². The van der Waals surface area contributed by atoms with E-state index in [4.69, 9.17) is 9.15 Å². The van der Waals surface area contributed by atoms with Crippen molar-refractivity contribution in [2.24, 2.45) is 0 Å². The summed E-state index contributed by atoms with van der Waals surface area (Å²) in [6.07, 6.45) is 4.42. The topological polar surface area (TPSA) is 54.6 Å². The highest BCUT2D eigenvalue weighted by Crippen LogP contribution is 2.23. The number of methoxy groups -OCH3 is 1. The van der Waals surface area contributed by atoms with E-state index in [1.165, 1.54) is 5.56 Å². The molecule has 6 nitrogen and oxygen atoms in total. The van der Waals surface area contributed by atoms with Crippen LogP contribution in [0.3, 0.4) is 0 Å². The van der Waals surface area contributed by atoms with E-state index in [9.17, 15) is 0 Å². The molecule has 0 amide bonds. The van der Waals surface area contributed by atoms with Crippen LogP contribution in [0.25, 0.3) is 17.5 Å². The van der Waals surface area contributed by atoms with Crippen molar-refractivity contribution in [3.05, 3.63) is 72.1 Å². The first kappa shape index (κ1) is 19.4. The lowest BCUT2D eigenvalue weighted by molar-refractivity contribution is 0.128. The fourth-order valence-corrected chi connectivity index (χ4v) is 3.41. The normalized spacial score (nSPS) is 15.8. The van der Waals surface area contributed by atoms with Crippen molar-refractivity contribution in [2.75, 3.05) is 39.8 Å². The molecule has 150 valence electrons. The molecule has 0 N–H and O–H groups in total. The largest absolute Gasteiger partial charge is 0.497 e. The van der Waals surface area contributed by atoms with Gasteiger partial charge in [-0.15, -0.1) is 10.2 Å². The van der Waals surface area contributed by atoms with E-state index < -0.39 is 0 Å². The molecule has 0 bridgehead atoms. The average Bonchev–Trinajstić information content (AvgIpc) is 3.24. The number of piperazine rings is 1. The maximum atomic E-state index is 5.87. The van der Waals surface area contributed by atoms with Gasteiger partial charge < -0.3 is 9.15 Å². The zero-order valence-electron chi connectivity index (χ0n) is 16.7. The summed E-state index contributed by atoms with van der Waals surface area (Å²) < 4.78 is 11.1. The molecule has 0 spiro atoms. The van der Waals surface area contributed by atoms with Gasteiger partial charge in [-0.1, -0.05) is 48.6 Å². The Hall–Kier alpha value is -2.96. The number of nitrogens with zero attached hydrogens (tertiary/aromatic N) is 4. The molecule has 1 aliphatic heterocycles. The fraction of sp³-hybridized carbons (Fsp3) is 0.304. The van der Waals surface area contributed by atoms with E-state index in [0.717, 1.165) is 44.0 Å². The Kier molecular flexibility index (Phi) is 6.34. The lowest BCUT2D eigenvalue weighted by Gasteiger charge is -2.33. The molecule has 0 aliphatic carbocycles. The van der Waals surface area contributed by atoms with Crippen LogP contribution in [-0.4, -0.2) is 59.8 Å². The van der Waals surface area contributed by atoms with Gasteiger partial charge >= 0.3 is 0 Å². The van der Waals surface area contributed by atoms with Gasteiger partial charge in [0.05, 0.1) is 13.7 Å². The Morgan fingerprint density at radius 3 is 2.55 bits per heavy atom. The van der Waals surface area contributed by atoms with Gasteiger partial charge in [0.2, 0.25) is 11.8 Å². The summed E-state index contributed by atoms with van der Waals surface area (Å²) >= 11 is 0. The average molecular weight is 390 g/mol. The quantitative estimate of drug-likeness (QED) is 0.615. The zero-order valence-corrected chi connectivity index (χ0v) is 16.7. The van der Waals surface area contributed by atoms with Gasteiger partial charge in [-0.3, -0.25) is 9.80 Å². The first-order valence-electron chi connectivity index (χ1n) is 9.93. The van der Waals surface area contributed by atoms with Crippen LogP contribution in [-0.2, 0) is 6.54 Å². The highest BCUT2D eigenvalue weighted by molar-refractivity contribution is 5.55. The van der Waals surface area contributed by atoms with Crippen molar-refractivity contribution in [1.29, 1.82) is 0 Å². The SMILES string of the molecule is COc1cccc(-c2nnc(CN3CCN(C/C=C/c4ccccc4)CC3)o2)c1. The first-order valence-corrected chi connectivity index (χ1v) is 9.93. The number of rotatable bonds is 7. The van der Waals surface area contributed by atoms with E-state index in [1.54, 1.807) is 7.11 Å². The molecular formula is C23H26N4O2. The predicted molar refractivity (Wildman–Crippen MR) is 113 cm³/mol. The third-order valence-corrected chi connectivity index (χ3v) is 5.08. The van der Waals surface area contributed by atoms with Crippen LogP contribution in [0.4, 0.5) is 0 Å². The Bertz CT molecular complexity index is 931. The Labute approximate surface area is 171 Å². The molecule has 1 saturated heterocycles. The van der Waals surface area contributed by atoms with Crippen molar-refractivity contribution in [3.8, 4) is 17.2 Å². The number of ether oxygens (including phenoxy) is 1. The summed E-state index contributed by atoms with van der Waals surface area (Å²) in [6, 6.07) is 18.1. The van der Waals surface area contributed by atoms with Gasteiger partial charge in [-0.05, 0) is 23.8 Å². The molecule has 0 atom stereocenters. The van der Waals surface area contributed by atoms with Crippen molar-refractivity contribution >= 4 is 6.08 Å². The number of hydrogen-bond acceptors (Lipinski definition) is 6. The number of aromatic nitrogens is 2. The molecule has 6 heteroatoms. The molecule has 0 radical (unpaired) electrons. The molecule has 0 unspecified atom stereocenters. The molecule has 1 aromatic heterocycles. The summed E-state index contributed by atoms with van der Waals surface area (Å²) in [5.74, 6) is 1.96.